The van der Waals surface area contributed by atoms with Crippen molar-refractivity contribution in [2.24, 2.45) is 0 Å². The van der Waals surface area contributed by atoms with Crippen LogP contribution < -0.4 is 11.1 Å². The summed E-state index contributed by atoms with van der Waals surface area (Å²) in [6.07, 6.45) is 5.10. The Morgan fingerprint density at radius 1 is 0.919 bits per heavy atom. The Morgan fingerprint density at radius 2 is 1.46 bits per heavy atom. The van der Waals surface area contributed by atoms with Gasteiger partial charge in [-0.25, -0.2) is 18.7 Å². The lowest BCUT2D eigenvalue weighted by atomic mass is 10.1. The van der Waals surface area contributed by atoms with Crippen LogP contribution in [0.25, 0.3) is 22.5 Å². The molecule has 37 heavy (non-hydrogen) atoms. The fourth-order valence-electron chi connectivity index (χ4n) is 2.95. The van der Waals surface area contributed by atoms with Crippen LogP contribution in [0, 0.1) is 34.3 Å². The number of nitrogens with zero attached hydrogens (tertiary/aromatic N) is 6. The SMILES string of the molecule is COCC(=O)Nc1ccc(-c2cncc(F)c2)nc1C#N.N#Cc1nc(-c2cncc(F)c2)ccc1N. The zero-order chi connectivity index (χ0) is 26.8. The van der Waals surface area contributed by atoms with Crippen molar-refractivity contribution < 1.29 is 18.3 Å². The maximum absolute atomic E-state index is 13.1. The van der Waals surface area contributed by atoms with Gasteiger partial charge in [-0.05, 0) is 36.4 Å². The summed E-state index contributed by atoms with van der Waals surface area (Å²) >= 11 is 0. The molecule has 0 fully saturated rings. The fourth-order valence-corrected chi connectivity index (χ4v) is 2.95. The molecule has 0 spiro atoms. The van der Waals surface area contributed by atoms with Gasteiger partial charge < -0.3 is 15.8 Å². The normalized spacial score (nSPS) is 9.86. The summed E-state index contributed by atoms with van der Waals surface area (Å²) < 4.78 is 30.8. The van der Waals surface area contributed by atoms with Gasteiger partial charge in [0.2, 0.25) is 5.91 Å². The predicted molar refractivity (Wildman–Crippen MR) is 129 cm³/mol. The van der Waals surface area contributed by atoms with Crippen LogP contribution in [-0.2, 0) is 9.53 Å². The summed E-state index contributed by atoms with van der Waals surface area (Å²) in [6.45, 7) is -0.125. The summed E-state index contributed by atoms with van der Waals surface area (Å²) in [5.41, 5.74) is 8.08. The summed E-state index contributed by atoms with van der Waals surface area (Å²) in [6, 6.07) is 12.6. The lowest BCUT2D eigenvalue weighted by Gasteiger charge is -2.08. The molecule has 0 aliphatic carbocycles. The number of pyridine rings is 4. The van der Waals surface area contributed by atoms with Gasteiger partial charge in [0.05, 0.1) is 35.2 Å². The number of halogens is 2. The second-order valence-corrected chi connectivity index (χ2v) is 7.22. The first-order valence-corrected chi connectivity index (χ1v) is 10.4. The molecule has 4 rings (SSSR count). The van der Waals surface area contributed by atoms with E-state index < -0.39 is 17.5 Å². The van der Waals surface area contributed by atoms with Gasteiger partial charge in [-0.1, -0.05) is 0 Å². The number of aromatic nitrogens is 4. The molecular formula is C25H18F2N8O2. The monoisotopic (exact) mass is 500 g/mol. The number of carbonyl (C=O) groups is 1. The number of hydrogen-bond acceptors (Lipinski definition) is 9. The molecule has 184 valence electrons. The van der Waals surface area contributed by atoms with Crippen LogP contribution in [0.2, 0.25) is 0 Å². The van der Waals surface area contributed by atoms with Crippen molar-refractivity contribution in [3.63, 3.8) is 0 Å². The highest BCUT2D eigenvalue weighted by Crippen LogP contribution is 2.22. The number of rotatable bonds is 5. The van der Waals surface area contributed by atoms with E-state index in [1.165, 1.54) is 37.7 Å². The molecule has 0 unspecified atom stereocenters. The molecule has 0 atom stereocenters. The molecule has 1 amide bonds. The number of nitriles is 2. The highest BCUT2D eigenvalue weighted by molar-refractivity contribution is 5.92. The van der Waals surface area contributed by atoms with E-state index in [4.69, 9.17) is 21.0 Å². The van der Waals surface area contributed by atoms with Gasteiger partial charge in [-0.3, -0.25) is 14.8 Å². The Labute approximate surface area is 210 Å². The summed E-state index contributed by atoms with van der Waals surface area (Å²) in [5, 5.41) is 20.4. The summed E-state index contributed by atoms with van der Waals surface area (Å²) in [7, 11) is 1.39. The van der Waals surface area contributed by atoms with Crippen molar-refractivity contribution in [3.8, 4) is 34.7 Å². The molecule has 4 aromatic heterocycles. The summed E-state index contributed by atoms with van der Waals surface area (Å²) in [5.74, 6) is -1.34. The maximum Gasteiger partial charge on any atom is 0.250 e. The van der Waals surface area contributed by atoms with Gasteiger partial charge >= 0.3 is 0 Å². The quantitative estimate of drug-likeness (QED) is 0.417. The minimum atomic E-state index is -0.495. The number of methoxy groups -OCH3 is 1. The van der Waals surface area contributed by atoms with E-state index in [2.05, 4.69) is 25.3 Å². The zero-order valence-corrected chi connectivity index (χ0v) is 19.3. The molecular weight excluding hydrogens is 482 g/mol. The van der Waals surface area contributed by atoms with Gasteiger partial charge in [-0.2, -0.15) is 10.5 Å². The number of carbonyl (C=O) groups excluding carboxylic acids is 1. The molecule has 4 heterocycles. The van der Waals surface area contributed by atoms with Crippen molar-refractivity contribution in [1.82, 2.24) is 19.9 Å². The number of ether oxygens (including phenoxy) is 1. The molecule has 0 radical (unpaired) electrons. The van der Waals surface area contributed by atoms with Crippen LogP contribution in [0.15, 0.2) is 61.2 Å². The average Bonchev–Trinajstić information content (AvgIpc) is 2.89. The molecule has 0 bridgehead atoms. The van der Waals surface area contributed by atoms with Crippen LogP contribution in [-0.4, -0.2) is 39.6 Å². The van der Waals surface area contributed by atoms with E-state index in [9.17, 15) is 13.6 Å². The maximum atomic E-state index is 13.1. The molecule has 0 aliphatic rings. The highest BCUT2D eigenvalue weighted by Gasteiger charge is 2.11. The third-order valence-electron chi connectivity index (χ3n) is 4.58. The molecule has 0 aliphatic heterocycles. The van der Waals surface area contributed by atoms with Crippen molar-refractivity contribution in [3.05, 3.63) is 84.2 Å². The Balaban J connectivity index is 0.000000213. The van der Waals surface area contributed by atoms with E-state index >= 15 is 0 Å². The van der Waals surface area contributed by atoms with Crippen molar-refractivity contribution in [2.45, 2.75) is 0 Å². The third-order valence-corrected chi connectivity index (χ3v) is 4.58. The van der Waals surface area contributed by atoms with Crippen LogP contribution >= 0.6 is 0 Å². The van der Waals surface area contributed by atoms with E-state index in [1.54, 1.807) is 18.2 Å². The first kappa shape index (κ1) is 26.3. The molecule has 0 aromatic carbocycles. The number of amides is 1. The molecule has 10 nitrogen and oxygen atoms in total. The van der Waals surface area contributed by atoms with Gasteiger partial charge in [0, 0.05) is 30.6 Å². The fraction of sp³-hybridized carbons (Fsp3) is 0.0800. The largest absolute Gasteiger partial charge is 0.396 e. The van der Waals surface area contributed by atoms with Gasteiger partial charge in [0.15, 0.2) is 11.4 Å². The predicted octanol–water partition coefficient (Wildman–Crippen LogP) is 3.48. The second kappa shape index (κ2) is 12.4. The topological polar surface area (TPSA) is 163 Å². The Kier molecular flexibility index (Phi) is 8.80. The minimum Gasteiger partial charge on any atom is -0.396 e. The lowest BCUT2D eigenvalue weighted by Crippen LogP contribution is -2.18. The molecule has 0 saturated heterocycles. The molecule has 3 N–H and O–H groups in total. The standard InChI is InChI=1S/C14H11FN4O2.C11H7FN4/c1-21-8-14(20)19-12-3-2-11(18-13(12)5-16)9-4-10(15)7-17-6-9;12-8-3-7(5-15-6-8)10-2-1-9(14)11(4-13)16-10/h2-4,6-7H,8H2,1H3,(H,19,20);1-3,5-6H,14H2. The first-order chi connectivity index (χ1) is 17.8. The van der Waals surface area contributed by atoms with Gasteiger partial charge in [0.25, 0.3) is 0 Å². The molecule has 4 aromatic rings. The van der Waals surface area contributed by atoms with Crippen LogP contribution in [0.5, 0.6) is 0 Å². The lowest BCUT2D eigenvalue weighted by molar-refractivity contribution is -0.119. The van der Waals surface area contributed by atoms with E-state index in [-0.39, 0.29) is 23.7 Å². The molecule has 0 saturated carbocycles. The van der Waals surface area contributed by atoms with Crippen molar-refractivity contribution in [2.75, 3.05) is 24.8 Å². The number of nitrogens with two attached hydrogens (primary N) is 1. The third kappa shape index (κ3) is 7.08. The number of nitrogen functional groups attached to an aromatic ring is 1. The van der Waals surface area contributed by atoms with Crippen LogP contribution in [0.4, 0.5) is 20.2 Å². The number of nitrogens with one attached hydrogen (secondary N) is 1. The van der Waals surface area contributed by atoms with Gasteiger partial charge in [0.1, 0.15) is 30.4 Å². The average molecular weight is 500 g/mol. The Bertz CT molecular complexity index is 1520. The minimum absolute atomic E-state index is 0.0289. The Hall–Kier alpha value is -5.33. The number of anilines is 2. The smallest absolute Gasteiger partial charge is 0.250 e. The highest BCUT2D eigenvalue weighted by atomic mass is 19.1. The van der Waals surface area contributed by atoms with Crippen molar-refractivity contribution >= 4 is 17.3 Å². The van der Waals surface area contributed by atoms with E-state index in [1.807, 2.05) is 12.1 Å². The number of hydrogen-bond donors (Lipinski definition) is 2. The van der Waals surface area contributed by atoms with E-state index in [0.29, 0.717) is 28.2 Å². The van der Waals surface area contributed by atoms with E-state index in [0.717, 1.165) is 12.4 Å². The summed E-state index contributed by atoms with van der Waals surface area (Å²) in [4.78, 5) is 27.0. The van der Waals surface area contributed by atoms with Crippen molar-refractivity contribution in [1.29, 1.82) is 10.5 Å². The second-order valence-electron chi connectivity index (χ2n) is 7.22. The van der Waals surface area contributed by atoms with Gasteiger partial charge in [-0.15, -0.1) is 0 Å². The zero-order valence-electron chi connectivity index (χ0n) is 19.3. The first-order valence-electron chi connectivity index (χ1n) is 10.4. The Morgan fingerprint density at radius 3 is 1.97 bits per heavy atom. The van der Waals surface area contributed by atoms with Crippen LogP contribution in [0.3, 0.4) is 0 Å². The van der Waals surface area contributed by atoms with Crippen LogP contribution in [0.1, 0.15) is 11.4 Å². The molecule has 12 heteroatoms.